The number of hydrogen-bond acceptors (Lipinski definition) is 2. The minimum Gasteiger partial charge on any atom is -0.294 e. The Balaban J connectivity index is 0.000000581. The van der Waals surface area contributed by atoms with Crippen LogP contribution < -0.4 is 0 Å². The number of aromatic nitrogens is 1. The van der Waals surface area contributed by atoms with Gasteiger partial charge in [0.2, 0.25) is 0 Å². The van der Waals surface area contributed by atoms with E-state index in [4.69, 9.17) is 0 Å². The molecule has 2 heteroatoms. The van der Waals surface area contributed by atoms with Crippen LogP contribution in [0.15, 0.2) is 24.4 Å². The maximum Gasteiger partial charge on any atom is 0.0572 e. The first-order valence-corrected chi connectivity index (χ1v) is 6.92. The Morgan fingerprint density at radius 2 is 1.76 bits per heavy atom. The van der Waals surface area contributed by atoms with E-state index in [9.17, 15) is 0 Å². The summed E-state index contributed by atoms with van der Waals surface area (Å²) in [5, 5.41) is 0. The Morgan fingerprint density at radius 3 is 2.18 bits per heavy atom. The van der Waals surface area contributed by atoms with Gasteiger partial charge in [-0.05, 0) is 25.0 Å². The largest absolute Gasteiger partial charge is 0.294 e. The van der Waals surface area contributed by atoms with E-state index in [0.29, 0.717) is 6.04 Å². The van der Waals surface area contributed by atoms with Crippen molar-refractivity contribution in [2.45, 2.75) is 47.6 Å². The Labute approximate surface area is 107 Å². The third kappa shape index (κ3) is 4.86. The van der Waals surface area contributed by atoms with Gasteiger partial charge in [0.15, 0.2) is 0 Å². The zero-order valence-corrected chi connectivity index (χ0v) is 12.3. The Kier molecular flexibility index (Phi) is 8.69. The maximum absolute atomic E-state index is 4.36. The summed E-state index contributed by atoms with van der Waals surface area (Å²) in [7, 11) is 0. The number of nitrogens with zero attached hydrogens (tertiary/aromatic N) is 2. The van der Waals surface area contributed by atoms with Gasteiger partial charge in [-0.1, -0.05) is 40.7 Å². The van der Waals surface area contributed by atoms with Gasteiger partial charge in [-0.3, -0.25) is 9.88 Å². The molecule has 0 bridgehead atoms. The second-order valence-electron chi connectivity index (χ2n) is 3.99. The maximum atomic E-state index is 4.36. The Hall–Kier alpha value is -0.890. The molecular weight excluding hydrogens is 208 g/mol. The van der Waals surface area contributed by atoms with Crippen LogP contribution in [-0.4, -0.2) is 23.0 Å². The minimum atomic E-state index is 0.484. The van der Waals surface area contributed by atoms with Gasteiger partial charge < -0.3 is 0 Å². The van der Waals surface area contributed by atoms with E-state index in [1.807, 2.05) is 40.0 Å². The fraction of sp³-hybridized carbons (Fsp3) is 0.667. The van der Waals surface area contributed by atoms with Crippen LogP contribution in [0.3, 0.4) is 0 Å². The van der Waals surface area contributed by atoms with Crippen LogP contribution in [-0.2, 0) is 0 Å². The third-order valence-corrected chi connectivity index (χ3v) is 2.76. The molecule has 0 saturated carbocycles. The molecule has 2 heterocycles. The highest BCUT2D eigenvalue weighted by atomic mass is 15.2. The molecule has 1 fully saturated rings. The summed E-state index contributed by atoms with van der Waals surface area (Å²) in [6, 6.07) is 6.61. The van der Waals surface area contributed by atoms with Crippen LogP contribution in [0.2, 0.25) is 0 Å². The normalized spacial score (nSPS) is 16.8. The molecule has 1 aromatic heterocycles. The van der Waals surface area contributed by atoms with Crippen LogP contribution in [0.5, 0.6) is 0 Å². The zero-order chi connectivity index (χ0) is 13.3. The van der Waals surface area contributed by atoms with Gasteiger partial charge in [-0.2, -0.15) is 0 Å². The fourth-order valence-corrected chi connectivity index (χ4v) is 1.87. The molecular formula is C15H28N2. The minimum absolute atomic E-state index is 0.484. The van der Waals surface area contributed by atoms with E-state index in [-0.39, 0.29) is 0 Å². The van der Waals surface area contributed by atoms with Gasteiger partial charge in [0.1, 0.15) is 0 Å². The van der Waals surface area contributed by atoms with Crippen molar-refractivity contribution in [2.24, 2.45) is 5.92 Å². The van der Waals surface area contributed by atoms with Crippen molar-refractivity contribution >= 4 is 0 Å². The van der Waals surface area contributed by atoms with Gasteiger partial charge in [0.05, 0.1) is 5.69 Å². The first-order chi connectivity index (χ1) is 8.27. The summed E-state index contributed by atoms with van der Waals surface area (Å²) in [6.45, 7) is 15.0. The molecule has 1 unspecified atom stereocenters. The predicted molar refractivity (Wildman–Crippen MR) is 76.1 cm³/mol. The molecule has 1 aromatic rings. The molecule has 17 heavy (non-hydrogen) atoms. The molecule has 2 rings (SSSR count). The zero-order valence-electron chi connectivity index (χ0n) is 12.3. The van der Waals surface area contributed by atoms with Crippen LogP contribution in [0, 0.1) is 5.92 Å². The summed E-state index contributed by atoms with van der Waals surface area (Å²) >= 11 is 0. The highest BCUT2D eigenvalue weighted by Crippen LogP contribution is 2.26. The molecule has 1 saturated heterocycles. The fourth-order valence-electron chi connectivity index (χ4n) is 1.87. The molecule has 1 aliphatic heterocycles. The van der Waals surface area contributed by atoms with Crippen molar-refractivity contribution in [3.05, 3.63) is 30.1 Å². The number of pyridine rings is 1. The predicted octanol–water partition coefficient (Wildman–Crippen LogP) is 4.15. The molecule has 2 nitrogen and oxygen atoms in total. The van der Waals surface area contributed by atoms with Gasteiger partial charge >= 0.3 is 0 Å². The molecule has 1 aliphatic rings. The van der Waals surface area contributed by atoms with Gasteiger partial charge in [0, 0.05) is 25.3 Å². The monoisotopic (exact) mass is 236 g/mol. The van der Waals surface area contributed by atoms with E-state index in [1.54, 1.807) is 0 Å². The lowest BCUT2D eigenvalue weighted by Gasteiger charge is -2.41. The van der Waals surface area contributed by atoms with Crippen molar-refractivity contribution in [3.63, 3.8) is 0 Å². The van der Waals surface area contributed by atoms with E-state index in [1.165, 1.54) is 18.8 Å². The SMILES string of the molecule is CC.CC.CC1CN(C(C)c2ccccn2)C1. The molecule has 0 spiro atoms. The van der Waals surface area contributed by atoms with Gasteiger partial charge in [0.25, 0.3) is 0 Å². The quantitative estimate of drug-likeness (QED) is 0.767. The number of rotatable bonds is 2. The Bertz CT molecular complexity index is 266. The lowest BCUT2D eigenvalue weighted by molar-refractivity contribution is 0.0684. The molecule has 0 N–H and O–H groups in total. The van der Waals surface area contributed by atoms with Gasteiger partial charge in [-0.15, -0.1) is 0 Å². The molecule has 0 aromatic carbocycles. The molecule has 0 radical (unpaired) electrons. The van der Waals surface area contributed by atoms with Gasteiger partial charge in [-0.25, -0.2) is 0 Å². The smallest absolute Gasteiger partial charge is 0.0572 e. The summed E-state index contributed by atoms with van der Waals surface area (Å²) in [5.41, 5.74) is 1.19. The lowest BCUT2D eigenvalue weighted by atomic mass is 9.99. The first kappa shape index (κ1) is 16.1. The van der Waals surface area contributed by atoms with Crippen LogP contribution >= 0.6 is 0 Å². The van der Waals surface area contributed by atoms with Crippen LogP contribution in [0.25, 0.3) is 0 Å². The van der Waals surface area contributed by atoms with Crippen molar-refractivity contribution in [1.82, 2.24) is 9.88 Å². The second-order valence-corrected chi connectivity index (χ2v) is 3.99. The molecule has 0 amide bonds. The molecule has 98 valence electrons. The van der Waals surface area contributed by atoms with E-state index in [2.05, 4.69) is 35.9 Å². The Morgan fingerprint density at radius 1 is 1.18 bits per heavy atom. The first-order valence-electron chi connectivity index (χ1n) is 6.92. The summed E-state index contributed by atoms with van der Waals surface area (Å²) < 4.78 is 0. The summed E-state index contributed by atoms with van der Waals surface area (Å²) in [6.07, 6.45) is 1.87. The van der Waals surface area contributed by atoms with E-state index < -0.39 is 0 Å². The molecule has 0 aliphatic carbocycles. The van der Waals surface area contributed by atoms with Crippen LogP contribution in [0.4, 0.5) is 0 Å². The van der Waals surface area contributed by atoms with Crippen LogP contribution in [0.1, 0.15) is 53.3 Å². The second kappa shape index (κ2) is 9.17. The number of hydrogen-bond donors (Lipinski definition) is 0. The lowest BCUT2D eigenvalue weighted by Crippen LogP contribution is -2.46. The average molecular weight is 236 g/mol. The summed E-state index contributed by atoms with van der Waals surface area (Å²) in [5.74, 6) is 0.867. The van der Waals surface area contributed by atoms with Crippen molar-refractivity contribution in [3.8, 4) is 0 Å². The van der Waals surface area contributed by atoms with Crippen molar-refractivity contribution < 1.29 is 0 Å². The van der Waals surface area contributed by atoms with E-state index >= 15 is 0 Å². The standard InChI is InChI=1S/C11H16N2.2C2H6/c1-9-7-13(8-9)10(2)11-5-3-4-6-12-11;2*1-2/h3-6,9-10H,7-8H2,1-2H3;2*1-2H3. The summed E-state index contributed by atoms with van der Waals surface area (Å²) in [4.78, 5) is 6.83. The molecule has 1 atom stereocenters. The number of likely N-dealkylation sites (tertiary alicyclic amines) is 1. The third-order valence-electron chi connectivity index (χ3n) is 2.76. The topological polar surface area (TPSA) is 16.1 Å². The highest BCUT2D eigenvalue weighted by molar-refractivity contribution is 5.08. The van der Waals surface area contributed by atoms with Crippen molar-refractivity contribution in [1.29, 1.82) is 0 Å². The average Bonchev–Trinajstić information content (AvgIpc) is 2.40. The van der Waals surface area contributed by atoms with Crippen molar-refractivity contribution in [2.75, 3.05) is 13.1 Å². The van der Waals surface area contributed by atoms with E-state index in [0.717, 1.165) is 5.92 Å². The highest BCUT2D eigenvalue weighted by Gasteiger charge is 2.27.